The van der Waals surface area contributed by atoms with Gasteiger partial charge >= 0.3 is 0 Å². The van der Waals surface area contributed by atoms with E-state index in [1.54, 1.807) is 20.4 Å². The van der Waals surface area contributed by atoms with Crippen molar-refractivity contribution < 1.29 is 13.9 Å². The van der Waals surface area contributed by atoms with Crippen molar-refractivity contribution in [1.82, 2.24) is 4.98 Å². The van der Waals surface area contributed by atoms with Crippen LogP contribution in [0.25, 0.3) is 11.3 Å². The first-order valence-corrected chi connectivity index (χ1v) is 5.16. The van der Waals surface area contributed by atoms with Crippen LogP contribution in [0.2, 0.25) is 0 Å². The Morgan fingerprint density at radius 2 is 1.88 bits per heavy atom. The topological polar surface area (TPSA) is 70.5 Å². The van der Waals surface area contributed by atoms with E-state index in [1.165, 1.54) is 0 Å². The Kier molecular flexibility index (Phi) is 3.30. The summed E-state index contributed by atoms with van der Waals surface area (Å²) in [7, 11) is 3.19. The van der Waals surface area contributed by atoms with Crippen LogP contribution in [0.3, 0.4) is 0 Å². The molecule has 0 unspecified atom stereocenters. The van der Waals surface area contributed by atoms with Gasteiger partial charge in [-0.3, -0.25) is 0 Å². The molecule has 0 spiro atoms. The van der Waals surface area contributed by atoms with Gasteiger partial charge < -0.3 is 19.6 Å². The van der Waals surface area contributed by atoms with E-state index in [-0.39, 0.29) is 6.54 Å². The zero-order valence-electron chi connectivity index (χ0n) is 9.77. The first-order valence-electron chi connectivity index (χ1n) is 5.16. The van der Waals surface area contributed by atoms with Gasteiger partial charge in [-0.1, -0.05) is 6.07 Å². The Morgan fingerprint density at radius 3 is 2.35 bits per heavy atom. The molecule has 0 bridgehead atoms. The van der Waals surface area contributed by atoms with Crippen molar-refractivity contribution in [3.8, 4) is 22.8 Å². The molecule has 2 N–H and O–H groups in total. The molecule has 0 saturated carbocycles. The molecule has 1 aromatic heterocycles. The van der Waals surface area contributed by atoms with Gasteiger partial charge in [-0.2, -0.15) is 0 Å². The number of ether oxygens (including phenoxy) is 2. The molecule has 0 aliphatic heterocycles. The number of rotatable bonds is 4. The fraction of sp³-hybridized carbons (Fsp3) is 0.250. The molecule has 90 valence electrons. The van der Waals surface area contributed by atoms with Crippen LogP contribution >= 0.6 is 0 Å². The third-order valence-electron chi connectivity index (χ3n) is 2.40. The summed E-state index contributed by atoms with van der Waals surface area (Å²) in [4.78, 5) is 4.06. The van der Waals surface area contributed by atoms with Crippen LogP contribution < -0.4 is 15.2 Å². The Labute approximate surface area is 99.2 Å². The predicted octanol–water partition coefficient (Wildman–Crippen LogP) is 1.82. The minimum Gasteiger partial charge on any atom is -0.496 e. The standard InChI is InChI=1S/C12H14N2O3/c1-15-8-4-3-5-9(16-2)12(8)10-7-14-11(6-13)17-10/h3-5,7H,6,13H2,1-2H3. The number of nitrogens with two attached hydrogens (primary N) is 1. The quantitative estimate of drug-likeness (QED) is 0.873. The average molecular weight is 234 g/mol. The second-order valence-corrected chi connectivity index (χ2v) is 3.36. The van der Waals surface area contributed by atoms with Crippen LogP contribution in [0.5, 0.6) is 11.5 Å². The van der Waals surface area contributed by atoms with Crippen molar-refractivity contribution in [2.24, 2.45) is 5.73 Å². The zero-order valence-corrected chi connectivity index (χ0v) is 9.77. The van der Waals surface area contributed by atoms with Crippen LogP contribution in [0.15, 0.2) is 28.8 Å². The lowest BCUT2D eigenvalue weighted by Gasteiger charge is -2.10. The molecule has 0 amide bonds. The van der Waals surface area contributed by atoms with Gasteiger partial charge in [0.1, 0.15) is 17.1 Å². The lowest BCUT2D eigenvalue weighted by molar-refractivity contribution is 0.393. The summed E-state index contributed by atoms with van der Waals surface area (Å²) in [5.41, 5.74) is 6.20. The fourth-order valence-electron chi connectivity index (χ4n) is 1.61. The Balaban J connectivity index is 2.55. The number of nitrogens with zero attached hydrogens (tertiary/aromatic N) is 1. The Hall–Kier alpha value is -2.01. The van der Waals surface area contributed by atoms with E-state index in [4.69, 9.17) is 19.6 Å². The van der Waals surface area contributed by atoms with Gasteiger partial charge in [0.25, 0.3) is 0 Å². The smallest absolute Gasteiger partial charge is 0.208 e. The largest absolute Gasteiger partial charge is 0.496 e. The van der Waals surface area contributed by atoms with Gasteiger partial charge in [-0.05, 0) is 12.1 Å². The molecule has 0 saturated heterocycles. The normalized spacial score (nSPS) is 10.3. The number of hydrogen-bond acceptors (Lipinski definition) is 5. The van der Waals surface area contributed by atoms with Gasteiger partial charge in [0, 0.05) is 0 Å². The second-order valence-electron chi connectivity index (χ2n) is 3.36. The van der Waals surface area contributed by atoms with Crippen molar-refractivity contribution in [3.05, 3.63) is 30.3 Å². The molecule has 5 heteroatoms. The minimum atomic E-state index is 0.261. The lowest BCUT2D eigenvalue weighted by atomic mass is 10.1. The van der Waals surface area contributed by atoms with Gasteiger partial charge in [-0.15, -0.1) is 0 Å². The highest BCUT2D eigenvalue weighted by atomic mass is 16.5. The maximum absolute atomic E-state index is 5.51. The maximum atomic E-state index is 5.51. The highest BCUT2D eigenvalue weighted by molar-refractivity contribution is 5.72. The zero-order chi connectivity index (χ0) is 12.3. The van der Waals surface area contributed by atoms with Crippen molar-refractivity contribution in [2.75, 3.05) is 14.2 Å². The maximum Gasteiger partial charge on any atom is 0.208 e. The molecule has 0 aliphatic rings. The number of oxazole rings is 1. The lowest BCUT2D eigenvalue weighted by Crippen LogP contribution is -1.95. The van der Waals surface area contributed by atoms with E-state index in [2.05, 4.69) is 4.98 Å². The Morgan fingerprint density at radius 1 is 1.24 bits per heavy atom. The molecule has 2 aromatic rings. The SMILES string of the molecule is COc1cccc(OC)c1-c1cnc(CN)o1. The predicted molar refractivity (Wildman–Crippen MR) is 62.9 cm³/mol. The Bertz CT molecular complexity index is 486. The number of methoxy groups -OCH3 is 2. The van der Waals surface area contributed by atoms with Gasteiger partial charge in [0.15, 0.2) is 5.76 Å². The highest BCUT2D eigenvalue weighted by Gasteiger charge is 2.16. The van der Waals surface area contributed by atoms with Crippen LogP contribution in [0, 0.1) is 0 Å². The molecule has 2 rings (SSSR count). The molecule has 0 fully saturated rings. The fourth-order valence-corrected chi connectivity index (χ4v) is 1.61. The second kappa shape index (κ2) is 4.88. The summed E-state index contributed by atoms with van der Waals surface area (Å²) >= 11 is 0. The number of benzene rings is 1. The third-order valence-corrected chi connectivity index (χ3v) is 2.40. The monoisotopic (exact) mass is 234 g/mol. The number of hydrogen-bond donors (Lipinski definition) is 1. The molecule has 17 heavy (non-hydrogen) atoms. The summed E-state index contributed by atoms with van der Waals surface area (Å²) in [5, 5.41) is 0. The summed E-state index contributed by atoms with van der Waals surface area (Å²) in [6.07, 6.45) is 1.61. The van der Waals surface area contributed by atoms with E-state index < -0.39 is 0 Å². The molecular formula is C12H14N2O3. The third kappa shape index (κ3) is 2.09. The first kappa shape index (κ1) is 11.5. The average Bonchev–Trinajstić information content (AvgIpc) is 2.86. The molecule has 1 aromatic carbocycles. The van der Waals surface area contributed by atoms with E-state index >= 15 is 0 Å². The van der Waals surface area contributed by atoms with Gasteiger partial charge in [0.2, 0.25) is 5.89 Å². The van der Waals surface area contributed by atoms with Crippen LogP contribution in [0.4, 0.5) is 0 Å². The highest BCUT2D eigenvalue weighted by Crippen LogP contribution is 2.38. The first-order chi connectivity index (χ1) is 8.30. The van der Waals surface area contributed by atoms with E-state index in [0.717, 1.165) is 5.56 Å². The molecule has 5 nitrogen and oxygen atoms in total. The van der Waals surface area contributed by atoms with Crippen LogP contribution in [-0.4, -0.2) is 19.2 Å². The van der Waals surface area contributed by atoms with Crippen molar-refractivity contribution in [3.63, 3.8) is 0 Å². The number of aromatic nitrogens is 1. The van der Waals surface area contributed by atoms with E-state index in [9.17, 15) is 0 Å². The molecule has 0 radical (unpaired) electrons. The van der Waals surface area contributed by atoms with Crippen molar-refractivity contribution in [2.45, 2.75) is 6.54 Å². The molecule has 0 atom stereocenters. The van der Waals surface area contributed by atoms with Crippen molar-refractivity contribution >= 4 is 0 Å². The summed E-state index contributed by atoms with van der Waals surface area (Å²) < 4.78 is 16.1. The van der Waals surface area contributed by atoms with Crippen LogP contribution in [0.1, 0.15) is 5.89 Å². The van der Waals surface area contributed by atoms with Gasteiger partial charge in [0.05, 0.1) is 27.0 Å². The summed E-state index contributed by atoms with van der Waals surface area (Å²) in [5.74, 6) is 2.40. The summed E-state index contributed by atoms with van der Waals surface area (Å²) in [6, 6.07) is 5.52. The summed E-state index contributed by atoms with van der Waals surface area (Å²) in [6.45, 7) is 0.261. The van der Waals surface area contributed by atoms with E-state index in [0.29, 0.717) is 23.1 Å². The molecule has 0 aliphatic carbocycles. The van der Waals surface area contributed by atoms with Crippen LogP contribution in [-0.2, 0) is 6.54 Å². The van der Waals surface area contributed by atoms with Gasteiger partial charge in [-0.25, -0.2) is 4.98 Å². The molecular weight excluding hydrogens is 220 g/mol. The van der Waals surface area contributed by atoms with E-state index in [1.807, 2.05) is 18.2 Å². The minimum absolute atomic E-state index is 0.261. The van der Waals surface area contributed by atoms with Crippen molar-refractivity contribution in [1.29, 1.82) is 0 Å². The molecule has 1 heterocycles.